The zero-order chi connectivity index (χ0) is 19.2. The van der Waals surface area contributed by atoms with Crippen LogP contribution in [0.25, 0.3) is 0 Å². The van der Waals surface area contributed by atoms with Crippen LogP contribution >= 0.6 is 11.5 Å². The fraction of sp³-hybridized carbons (Fsp3) is 0.789. The number of ether oxygens (including phenoxy) is 2. The molecule has 9 heteroatoms. The number of hydrogen-bond acceptors (Lipinski definition) is 7. The minimum Gasteiger partial charge on any atom is -0.381 e. The molecule has 0 aromatic carbocycles. The van der Waals surface area contributed by atoms with Crippen LogP contribution < -0.4 is 0 Å². The Bertz CT molecular complexity index is 743. The summed E-state index contributed by atoms with van der Waals surface area (Å²) in [4.78, 5) is 29.8. The van der Waals surface area contributed by atoms with Gasteiger partial charge in [-0.3, -0.25) is 9.59 Å². The average Bonchev–Trinajstić information content (AvgIpc) is 3.36. The molecule has 0 bridgehead atoms. The van der Waals surface area contributed by atoms with Crippen LogP contribution in [0.2, 0.25) is 0 Å². The number of rotatable bonds is 2. The van der Waals surface area contributed by atoms with Crippen molar-refractivity contribution in [2.45, 2.75) is 25.7 Å². The zero-order valence-corrected chi connectivity index (χ0v) is 16.8. The summed E-state index contributed by atoms with van der Waals surface area (Å²) in [5.41, 5.74) is 0.492. The first-order valence-corrected chi connectivity index (χ1v) is 11.0. The van der Waals surface area contributed by atoms with Gasteiger partial charge in [0.25, 0.3) is 5.91 Å². The Labute approximate surface area is 168 Å². The summed E-state index contributed by atoms with van der Waals surface area (Å²) in [5, 5.41) is 5.56. The van der Waals surface area contributed by atoms with Crippen LogP contribution in [0.15, 0.2) is 5.38 Å². The summed E-state index contributed by atoms with van der Waals surface area (Å²) < 4.78 is 15.0. The Morgan fingerprint density at radius 3 is 2.57 bits per heavy atom. The highest BCUT2D eigenvalue weighted by molar-refractivity contribution is 7.03. The number of hydrogen-bond donors (Lipinski definition) is 0. The lowest BCUT2D eigenvalue weighted by Gasteiger charge is -2.55. The minimum atomic E-state index is -0.158. The molecule has 8 nitrogen and oxygen atoms in total. The molecule has 2 spiro atoms. The van der Waals surface area contributed by atoms with Gasteiger partial charge in [0.05, 0.1) is 12.5 Å². The number of likely N-dealkylation sites (tertiary alicyclic amines) is 2. The first-order valence-electron chi connectivity index (χ1n) is 10.1. The highest BCUT2D eigenvalue weighted by atomic mass is 32.1. The van der Waals surface area contributed by atoms with Crippen molar-refractivity contribution < 1.29 is 19.1 Å². The first kappa shape index (κ1) is 18.4. The number of amides is 2. The Kier molecular flexibility index (Phi) is 4.64. The molecule has 0 unspecified atom stereocenters. The Hall–Kier alpha value is -1.58. The van der Waals surface area contributed by atoms with Gasteiger partial charge in [-0.1, -0.05) is 4.49 Å². The van der Waals surface area contributed by atoms with Gasteiger partial charge >= 0.3 is 0 Å². The van der Waals surface area contributed by atoms with E-state index >= 15 is 0 Å². The molecule has 4 fully saturated rings. The van der Waals surface area contributed by atoms with E-state index in [0.29, 0.717) is 32.0 Å². The van der Waals surface area contributed by atoms with Crippen LogP contribution in [0.3, 0.4) is 0 Å². The molecule has 28 heavy (non-hydrogen) atoms. The van der Waals surface area contributed by atoms with Gasteiger partial charge in [0, 0.05) is 56.8 Å². The van der Waals surface area contributed by atoms with Crippen LogP contribution in [0.4, 0.5) is 0 Å². The van der Waals surface area contributed by atoms with Gasteiger partial charge < -0.3 is 19.3 Å². The maximum atomic E-state index is 13.4. The second-order valence-electron chi connectivity index (χ2n) is 8.81. The molecular formula is C19H26N4O4S. The largest absolute Gasteiger partial charge is 0.381 e. The van der Waals surface area contributed by atoms with E-state index in [2.05, 4.69) is 14.5 Å². The topological polar surface area (TPSA) is 84.9 Å². The van der Waals surface area contributed by atoms with E-state index in [9.17, 15) is 9.59 Å². The van der Waals surface area contributed by atoms with Crippen molar-refractivity contribution in [2.75, 3.05) is 52.6 Å². The lowest BCUT2D eigenvalue weighted by atomic mass is 9.65. The fourth-order valence-corrected chi connectivity index (χ4v) is 5.80. The normalized spacial score (nSPS) is 28.5. The van der Waals surface area contributed by atoms with Crippen molar-refractivity contribution in [1.29, 1.82) is 0 Å². The van der Waals surface area contributed by atoms with Gasteiger partial charge in [0.2, 0.25) is 5.91 Å². The summed E-state index contributed by atoms with van der Waals surface area (Å²) in [6.45, 7) is 5.62. The molecule has 1 aromatic rings. The summed E-state index contributed by atoms with van der Waals surface area (Å²) in [6, 6.07) is 0. The molecule has 4 aliphatic rings. The van der Waals surface area contributed by atoms with Crippen molar-refractivity contribution in [3.8, 4) is 0 Å². The van der Waals surface area contributed by atoms with Gasteiger partial charge in [-0.25, -0.2) is 0 Å². The highest BCUT2D eigenvalue weighted by Crippen LogP contribution is 2.47. The summed E-state index contributed by atoms with van der Waals surface area (Å²) >= 11 is 1.18. The molecule has 2 amide bonds. The second kappa shape index (κ2) is 7.03. The SMILES string of the molecule is O=C(c1csnn1)N1CC2(CCOC[C@H]2C(=O)N2CCC3(CCOCC3)C2)C1. The first-order chi connectivity index (χ1) is 13.6. The fourth-order valence-electron chi connectivity index (χ4n) is 5.37. The van der Waals surface area contributed by atoms with Crippen molar-refractivity contribution in [3.63, 3.8) is 0 Å². The number of aromatic nitrogens is 2. The third kappa shape index (κ3) is 3.04. The molecule has 152 valence electrons. The van der Waals surface area contributed by atoms with Crippen LogP contribution in [0, 0.1) is 16.7 Å². The Balaban J connectivity index is 1.26. The van der Waals surface area contributed by atoms with E-state index in [4.69, 9.17) is 9.47 Å². The monoisotopic (exact) mass is 406 g/mol. The minimum absolute atomic E-state index is 0.0839. The maximum absolute atomic E-state index is 13.4. The standard InChI is InChI=1S/C19H26N4O4S/c24-16(22-5-1-18(11-22)2-6-26-7-3-18)14-9-27-8-4-19(14)12-23(13-19)17(25)15-10-28-21-20-15/h10,14H,1-9,11-13H2/t14-/m0/s1. The maximum Gasteiger partial charge on any atom is 0.275 e. The van der Waals surface area contributed by atoms with Gasteiger partial charge in [-0.2, -0.15) is 0 Å². The van der Waals surface area contributed by atoms with Crippen LogP contribution in [0.1, 0.15) is 36.2 Å². The third-order valence-corrected chi connectivity index (χ3v) is 7.75. The predicted molar refractivity (Wildman–Crippen MR) is 101 cm³/mol. The molecular weight excluding hydrogens is 380 g/mol. The van der Waals surface area contributed by atoms with E-state index in [1.165, 1.54) is 11.5 Å². The van der Waals surface area contributed by atoms with Crippen LogP contribution in [0.5, 0.6) is 0 Å². The van der Waals surface area contributed by atoms with Gasteiger partial charge in [-0.15, -0.1) is 5.10 Å². The van der Waals surface area contributed by atoms with Crippen molar-refractivity contribution in [2.24, 2.45) is 16.7 Å². The molecule has 0 radical (unpaired) electrons. The number of nitrogens with zero attached hydrogens (tertiary/aromatic N) is 4. The Morgan fingerprint density at radius 2 is 1.82 bits per heavy atom. The molecule has 1 aromatic heterocycles. The zero-order valence-electron chi connectivity index (χ0n) is 16.0. The van der Waals surface area contributed by atoms with Gasteiger partial charge in [-0.05, 0) is 42.6 Å². The lowest BCUT2D eigenvalue weighted by molar-refractivity contribution is -0.162. The smallest absolute Gasteiger partial charge is 0.275 e. The van der Waals surface area contributed by atoms with Gasteiger partial charge in [0.15, 0.2) is 5.69 Å². The van der Waals surface area contributed by atoms with E-state index in [0.717, 1.165) is 52.0 Å². The second-order valence-corrected chi connectivity index (χ2v) is 9.42. The van der Waals surface area contributed by atoms with E-state index in [1.807, 2.05) is 0 Å². The average molecular weight is 407 g/mol. The summed E-state index contributed by atoms with van der Waals surface area (Å²) in [7, 11) is 0. The van der Waals surface area contributed by atoms with Crippen molar-refractivity contribution in [3.05, 3.63) is 11.1 Å². The van der Waals surface area contributed by atoms with Crippen molar-refractivity contribution in [1.82, 2.24) is 19.4 Å². The van der Waals surface area contributed by atoms with Crippen LogP contribution in [-0.2, 0) is 14.3 Å². The predicted octanol–water partition coefficient (Wildman–Crippen LogP) is 1.05. The molecule has 1 atom stereocenters. The van der Waals surface area contributed by atoms with E-state index in [-0.39, 0.29) is 28.6 Å². The van der Waals surface area contributed by atoms with Crippen LogP contribution in [-0.4, -0.2) is 83.8 Å². The molecule has 5 rings (SSSR count). The third-order valence-electron chi connectivity index (χ3n) is 7.25. The number of carbonyl (C=O) groups is 2. The molecule has 0 saturated carbocycles. The lowest BCUT2D eigenvalue weighted by Crippen LogP contribution is -2.66. The summed E-state index contributed by atoms with van der Waals surface area (Å²) in [5.74, 6) is -0.0289. The molecule has 0 aliphatic carbocycles. The highest BCUT2D eigenvalue weighted by Gasteiger charge is 2.56. The van der Waals surface area contributed by atoms with Gasteiger partial charge in [0.1, 0.15) is 0 Å². The molecule has 4 saturated heterocycles. The quantitative estimate of drug-likeness (QED) is 0.730. The summed E-state index contributed by atoms with van der Waals surface area (Å²) in [6.07, 6.45) is 4.00. The molecule has 5 heterocycles. The van der Waals surface area contributed by atoms with E-state index in [1.54, 1.807) is 10.3 Å². The van der Waals surface area contributed by atoms with Crippen molar-refractivity contribution >= 4 is 23.3 Å². The number of carbonyl (C=O) groups excluding carboxylic acids is 2. The Morgan fingerprint density at radius 1 is 1.04 bits per heavy atom. The molecule has 0 N–H and O–H groups in total. The molecule has 4 aliphatic heterocycles. The van der Waals surface area contributed by atoms with E-state index < -0.39 is 0 Å².